The van der Waals surface area contributed by atoms with Gasteiger partial charge >= 0.3 is 0 Å². The number of hydrogen-bond acceptors (Lipinski definition) is 3. The lowest BCUT2D eigenvalue weighted by molar-refractivity contribution is 0.543. The van der Waals surface area contributed by atoms with Crippen molar-refractivity contribution in [2.24, 2.45) is 0 Å². The van der Waals surface area contributed by atoms with Crippen molar-refractivity contribution in [1.82, 2.24) is 9.55 Å². The van der Waals surface area contributed by atoms with Crippen molar-refractivity contribution in [1.29, 1.82) is 5.26 Å². The van der Waals surface area contributed by atoms with E-state index in [2.05, 4.69) is 11.1 Å². The van der Waals surface area contributed by atoms with Gasteiger partial charge in [0.1, 0.15) is 11.0 Å². The highest BCUT2D eigenvalue weighted by atomic mass is 35.5. The summed E-state index contributed by atoms with van der Waals surface area (Å²) in [6, 6.07) is 3.42. The molecule has 0 bridgehead atoms. The average molecular weight is 254 g/mol. The second-order valence-electron chi connectivity index (χ2n) is 4.20. The summed E-state index contributed by atoms with van der Waals surface area (Å²) in [7, 11) is 0. The predicted molar refractivity (Wildman–Crippen MR) is 67.1 cm³/mol. The number of rotatable bonds is 5. The molecule has 0 aliphatic heterocycles. The lowest BCUT2D eigenvalue weighted by atomic mass is 10.2. The molecule has 0 fully saturated rings. The first-order chi connectivity index (χ1) is 8.06. The molecular formula is C12H16ClN3O. The molecular weight excluding hydrogens is 238 g/mol. The highest BCUT2D eigenvalue weighted by Crippen LogP contribution is 2.13. The SMILES string of the molecule is CC(C)c1nc(Cl)cc(=O)n1CCCCC#N. The van der Waals surface area contributed by atoms with Crippen LogP contribution in [-0.4, -0.2) is 9.55 Å². The minimum absolute atomic E-state index is 0.120. The third-order valence-corrected chi connectivity index (χ3v) is 2.64. The smallest absolute Gasteiger partial charge is 0.254 e. The highest BCUT2D eigenvalue weighted by Gasteiger charge is 2.10. The van der Waals surface area contributed by atoms with Gasteiger partial charge in [-0.15, -0.1) is 0 Å². The molecule has 17 heavy (non-hydrogen) atoms. The Balaban J connectivity index is 2.90. The number of hydrogen-bond donors (Lipinski definition) is 0. The van der Waals surface area contributed by atoms with Gasteiger partial charge in [-0.3, -0.25) is 9.36 Å². The van der Waals surface area contributed by atoms with Crippen molar-refractivity contribution >= 4 is 11.6 Å². The topological polar surface area (TPSA) is 58.7 Å². The quantitative estimate of drug-likeness (QED) is 0.599. The molecule has 92 valence electrons. The van der Waals surface area contributed by atoms with Crippen LogP contribution in [0.4, 0.5) is 0 Å². The van der Waals surface area contributed by atoms with E-state index >= 15 is 0 Å². The zero-order valence-corrected chi connectivity index (χ0v) is 10.9. The molecule has 0 saturated carbocycles. The molecule has 4 nitrogen and oxygen atoms in total. The summed E-state index contributed by atoms with van der Waals surface area (Å²) in [5, 5.41) is 8.69. The monoisotopic (exact) mass is 253 g/mol. The molecule has 0 aromatic carbocycles. The van der Waals surface area contributed by atoms with Crippen LogP contribution in [-0.2, 0) is 6.54 Å². The summed E-state index contributed by atoms with van der Waals surface area (Å²) in [6.45, 7) is 4.55. The molecule has 0 atom stereocenters. The molecule has 1 aromatic heterocycles. The summed E-state index contributed by atoms with van der Waals surface area (Å²) in [6.07, 6.45) is 2.12. The summed E-state index contributed by atoms with van der Waals surface area (Å²) in [5.41, 5.74) is -0.120. The molecule has 5 heteroatoms. The number of aromatic nitrogens is 2. The Bertz CT molecular complexity index is 474. The van der Waals surface area contributed by atoms with Gasteiger partial charge in [-0.1, -0.05) is 25.4 Å². The Morgan fingerprint density at radius 2 is 2.24 bits per heavy atom. The Morgan fingerprint density at radius 3 is 2.82 bits per heavy atom. The number of halogens is 1. The number of nitriles is 1. The van der Waals surface area contributed by atoms with E-state index in [0.29, 0.717) is 18.8 Å². The van der Waals surface area contributed by atoms with Crippen LogP contribution in [0.15, 0.2) is 10.9 Å². The summed E-state index contributed by atoms with van der Waals surface area (Å²) < 4.78 is 1.65. The van der Waals surface area contributed by atoms with Gasteiger partial charge in [0.25, 0.3) is 5.56 Å². The van der Waals surface area contributed by atoms with Gasteiger partial charge < -0.3 is 0 Å². The van der Waals surface area contributed by atoms with E-state index in [4.69, 9.17) is 16.9 Å². The van der Waals surface area contributed by atoms with E-state index in [9.17, 15) is 4.79 Å². The van der Waals surface area contributed by atoms with Crippen molar-refractivity contribution in [3.63, 3.8) is 0 Å². The number of unbranched alkanes of at least 4 members (excludes halogenated alkanes) is 2. The highest BCUT2D eigenvalue weighted by molar-refractivity contribution is 6.29. The molecule has 1 heterocycles. The fourth-order valence-corrected chi connectivity index (χ4v) is 1.81. The van der Waals surface area contributed by atoms with Gasteiger partial charge in [0.15, 0.2) is 0 Å². The average Bonchev–Trinajstić information content (AvgIpc) is 2.25. The lowest BCUT2D eigenvalue weighted by Crippen LogP contribution is -2.25. The number of nitrogens with zero attached hydrogens (tertiary/aromatic N) is 3. The molecule has 0 radical (unpaired) electrons. The van der Waals surface area contributed by atoms with E-state index in [1.54, 1.807) is 4.57 Å². The second kappa shape index (κ2) is 6.41. The summed E-state index contributed by atoms with van der Waals surface area (Å²) >= 11 is 5.78. The Labute approximate surface area is 106 Å². The largest absolute Gasteiger partial charge is 0.296 e. The third kappa shape index (κ3) is 3.86. The van der Waals surface area contributed by atoms with Crippen LogP contribution in [0.5, 0.6) is 0 Å². The van der Waals surface area contributed by atoms with Crippen molar-refractivity contribution < 1.29 is 0 Å². The van der Waals surface area contributed by atoms with Gasteiger partial charge in [0.05, 0.1) is 6.07 Å². The zero-order chi connectivity index (χ0) is 12.8. The first-order valence-corrected chi connectivity index (χ1v) is 6.08. The summed E-state index contributed by atoms with van der Waals surface area (Å²) in [4.78, 5) is 16.0. The van der Waals surface area contributed by atoms with E-state index in [-0.39, 0.29) is 16.6 Å². The van der Waals surface area contributed by atoms with Gasteiger partial charge in [0, 0.05) is 24.9 Å². The first-order valence-electron chi connectivity index (χ1n) is 5.70. The van der Waals surface area contributed by atoms with Crippen LogP contribution in [0.3, 0.4) is 0 Å². The second-order valence-corrected chi connectivity index (χ2v) is 4.58. The van der Waals surface area contributed by atoms with E-state index < -0.39 is 0 Å². The molecule has 0 aliphatic carbocycles. The zero-order valence-electron chi connectivity index (χ0n) is 10.1. The lowest BCUT2D eigenvalue weighted by Gasteiger charge is -2.14. The van der Waals surface area contributed by atoms with E-state index in [0.717, 1.165) is 12.8 Å². The van der Waals surface area contributed by atoms with Crippen molar-refractivity contribution in [2.75, 3.05) is 0 Å². The Kier molecular flexibility index (Phi) is 5.17. The predicted octanol–water partition coefficient (Wildman–Crippen LogP) is 2.71. The molecule has 0 unspecified atom stereocenters. The van der Waals surface area contributed by atoms with Gasteiger partial charge in [0.2, 0.25) is 0 Å². The third-order valence-electron chi connectivity index (χ3n) is 2.44. The maximum absolute atomic E-state index is 11.8. The van der Waals surface area contributed by atoms with E-state index in [1.165, 1.54) is 6.07 Å². The minimum Gasteiger partial charge on any atom is -0.296 e. The maximum atomic E-state index is 11.8. The van der Waals surface area contributed by atoms with Crippen molar-refractivity contribution in [2.45, 2.75) is 45.6 Å². The van der Waals surface area contributed by atoms with Crippen LogP contribution in [0, 0.1) is 11.3 Å². The van der Waals surface area contributed by atoms with Crippen LogP contribution in [0.2, 0.25) is 5.15 Å². The van der Waals surface area contributed by atoms with E-state index in [1.807, 2.05) is 13.8 Å². The molecule has 1 aromatic rings. The Morgan fingerprint density at radius 1 is 1.53 bits per heavy atom. The standard InChI is InChI=1S/C12H16ClN3O/c1-9(2)12-15-10(13)8-11(17)16(12)7-5-3-4-6-14/h8-9H,3-5,7H2,1-2H3. The van der Waals surface area contributed by atoms with Crippen LogP contribution < -0.4 is 5.56 Å². The van der Waals surface area contributed by atoms with Gasteiger partial charge in [-0.25, -0.2) is 4.98 Å². The fourth-order valence-electron chi connectivity index (χ4n) is 1.63. The maximum Gasteiger partial charge on any atom is 0.254 e. The first kappa shape index (κ1) is 13.7. The Hall–Kier alpha value is -1.34. The molecule has 0 N–H and O–H groups in total. The summed E-state index contributed by atoms with van der Waals surface area (Å²) in [5.74, 6) is 0.858. The molecule has 0 saturated heterocycles. The molecule has 0 amide bonds. The van der Waals surface area contributed by atoms with Gasteiger partial charge in [-0.05, 0) is 12.8 Å². The van der Waals surface area contributed by atoms with Crippen molar-refractivity contribution in [3.05, 3.63) is 27.4 Å². The van der Waals surface area contributed by atoms with Crippen molar-refractivity contribution in [3.8, 4) is 6.07 Å². The van der Waals surface area contributed by atoms with Crippen LogP contribution >= 0.6 is 11.6 Å². The molecule has 0 spiro atoms. The van der Waals surface area contributed by atoms with Crippen LogP contribution in [0.25, 0.3) is 0 Å². The molecule has 0 aliphatic rings. The normalized spacial score (nSPS) is 10.5. The fraction of sp³-hybridized carbons (Fsp3) is 0.583. The van der Waals surface area contributed by atoms with Gasteiger partial charge in [-0.2, -0.15) is 5.26 Å². The molecule has 1 rings (SSSR count). The van der Waals surface area contributed by atoms with Crippen LogP contribution in [0.1, 0.15) is 44.9 Å². The minimum atomic E-state index is -0.120.